The first-order chi connectivity index (χ1) is 10.0. The normalized spacial score (nSPS) is 18.0. The molecule has 5 nitrogen and oxygen atoms in total. The fourth-order valence-electron chi connectivity index (χ4n) is 2.42. The summed E-state index contributed by atoms with van der Waals surface area (Å²) < 4.78 is 26.7. The molecule has 0 aliphatic carbocycles. The maximum Gasteiger partial charge on any atom is 0.243 e. The summed E-state index contributed by atoms with van der Waals surface area (Å²) in [5, 5.41) is 3.27. The first-order valence-electron chi connectivity index (χ1n) is 7.52. The molecular formula is C15H25N3O2S. The van der Waals surface area contributed by atoms with Crippen LogP contribution in [0, 0.1) is 0 Å². The zero-order valence-electron chi connectivity index (χ0n) is 12.9. The fraction of sp³-hybridized carbons (Fsp3) is 0.600. The fourth-order valence-corrected chi connectivity index (χ4v) is 3.84. The Morgan fingerprint density at radius 3 is 2.29 bits per heavy atom. The lowest BCUT2D eigenvalue weighted by Crippen LogP contribution is -2.46. The van der Waals surface area contributed by atoms with Crippen LogP contribution in [0.15, 0.2) is 29.2 Å². The number of hydrogen-bond donors (Lipinski definition) is 1. The molecule has 1 aromatic rings. The van der Waals surface area contributed by atoms with Crippen molar-refractivity contribution in [1.82, 2.24) is 14.5 Å². The van der Waals surface area contributed by atoms with Gasteiger partial charge < -0.3 is 10.2 Å². The first kappa shape index (κ1) is 16.4. The summed E-state index contributed by atoms with van der Waals surface area (Å²) in [5.74, 6) is 0. The zero-order valence-corrected chi connectivity index (χ0v) is 13.7. The second-order valence-electron chi connectivity index (χ2n) is 5.45. The number of piperazine rings is 1. The minimum Gasteiger partial charge on any atom is -0.317 e. The molecular weight excluding hydrogens is 286 g/mol. The molecule has 1 fully saturated rings. The highest BCUT2D eigenvalue weighted by Gasteiger charge is 2.27. The number of rotatable bonds is 6. The largest absolute Gasteiger partial charge is 0.317 e. The van der Waals surface area contributed by atoms with E-state index in [1.807, 2.05) is 19.2 Å². The van der Waals surface area contributed by atoms with E-state index in [4.69, 9.17) is 0 Å². The van der Waals surface area contributed by atoms with Gasteiger partial charge in [-0.3, -0.25) is 0 Å². The molecule has 1 aliphatic heterocycles. The molecule has 1 saturated heterocycles. The second kappa shape index (κ2) is 7.35. The van der Waals surface area contributed by atoms with Gasteiger partial charge in [-0.25, -0.2) is 8.42 Å². The number of sulfonamides is 1. The van der Waals surface area contributed by atoms with Crippen molar-refractivity contribution in [2.24, 2.45) is 0 Å². The van der Waals surface area contributed by atoms with E-state index in [1.54, 1.807) is 16.4 Å². The van der Waals surface area contributed by atoms with E-state index in [0.717, 1.165) is 38.2 Å². The Balaban J connectivity index is 2.03. The van der Waals surface area contributed by atoms with Crippen LogP contribution in [0.3, 0.4) is 0 Å². The van der Waals surface area contributed by atoms with Crippen molar-refractivity contribution in [3.05, 3.63) is 29.8 Å². The van der Waals surface area contributed by atoms with Crippen LogP contribution in [0.1, 0.15) is 12.5 Å². The Morgan fingerprint density at radius 1 is 1.10 bits per heavy atom. The molecule has 0 spiro atoms. The molecule has 1 aliphatic rings. The highest BCUT2D eigenvalue weighted by molar-refractivity contribution is 7.89. The topological polar surface area (TPSA) is 52.7 Å². The molecule has 1 N–H and O–H groups in total. The summed E-state index contributed by atoms with van der Waals surface area (Å²) >= 11 is 0. The smallest absolute Gasteiger partial charge is 0.243 e. The molecule has 0 unspecified atom stereocenters. The quantitative estimate of drug-likeness (QED) is 0.789. The third-order valence-corrected chi connectivity index (χ3v) is 5.78. The second-order valence-corrected chi connectivity index (χ2v) is 7.39. The van der Waals surface area contributed by atoms with Crippen molar-refractivity contribution in [3.63, 3.8) is 0 Å². The van der Waals surface area contributed by atoms with Crippen molar-refractivity contribution in [1.29, 1.82) is 0 Å². The summed E-state index contributed by atoms with van der Waals surface area (Å²) in [5.41, 5.74) is 1.16. The molecule has 2 rings (SSSR count). The molecule has 0 amide bonds. The van der Waals surface area contributed by atoms with Gasteiger partial charge in [-0.1, -0.05) is 19.1 Å². The molecule has 0 atom stereocenters. The Hall–Kier alpha value is -0.950. The van der Waals surface area contributed by atoms with E-state index in [1.165, 1.54) is 0 Å². The Bertz CT molecular complexity index is 535. The van der Waals surface area contributed by atoms with Gasteiger partial charge in [0.1, 0.15) is 0 Å². The zero-order chi connectivity index (χ0) is 15.3. The first-order valence-corrected chi connectivity index (χ1v) is 8.96. The summed E-state index contributed by atoms with van der Waals surface area (Å²) in [6.07, 6.45) is 0.919. The van der Waals surface area contributed by atoms with Crippen LogP contribution in [0.5, 0.6) is 0 Å². The molecule has 0 bridgehead atoms. The van der Waals surface area contributed by atoms with Crippen LogP contribution < -0.4 is 5.32 Å². The molecule has 21 heavy (non-hydrogen) atoms. The maximum atomic E-state index is 12.6. The predicted molar refractivity (Wildman–Crippen MR) is 84.9 cm³/mol. The van der Waals surface area contributed by atoms with E-state index < -0.39 is 10.0 Å². The van der Waals surface area contributed by atoms with Gasteiger partial charge in [0.2, 0.25) is 10.0 Å². The Kier molecular flexibility index (Phi) is 5.75. The molecule has 0 aromatic heterocycles. The van der Waals surface area contributed by atoms with Gasteiger partial charge in [-0.15, -0.1) is 0 Å². The molecule has 1 aromatic carbocycles. The maximum absolute atomic E-state index is 12.6. The monoisotopic (exact) mass is 311 g/mol. The average Bonchev–Trinajstić information content (AvgIpc) is 2.48. The van der Waals surface area contributed by atoms with Crippen LogP contribution in [0.2, 0.25) is 0 Å². The third-order valence-electron chi connectivity index (χ3n) is 3.86. The number of nitrogens with zero attached hydrogens (tertiary/aromatic N) is 2. The van der Waals surface area contributed by atoms with Crippen molar-refractivity contribution in [3.8, 4) is 0 Å². The van der Waals surface area contributed by atoms with Crippen molar-refractivity contribution in [2.75, 3.05) is 46.3 Å². The lowest BCUT2D eigenvalue weighted by molar-refractivity contribution is 0.222. The van der Waals surface area contributed by atoms with Crippen molar-refractivity contribution in [2.45, 2.75) is 18.2 Å². The highest BCUT2D eigenvalue weighted by Crippen LogP contribution is 2.18. The lowest BCUT2D eigenvalue weighted by atomic mass is 10.1. The van der Waals surface area contributed by atoms with Crippen LogP contribution in [-0.2, 0) is 16.4 Å². The Labute approximate surface area is 128 Å². The minimum absolute atomic E-state index is 0.402. The number of benzene rings is 1. The van der Waals surface area contributed by atoms with Gasteiger partial charge in [0.05, 0.1) is 4.90 Å². The summed E-state index contributed by atoms with van der Waals surface area (Å²) in [7, 11) is -1.32. The predicted octanol–water partition coefficient (Wildman–Crippen LogP) is 0.775. The lowest BCUT2D eigenvalue weighted by Gasteiger charge is -2.31. The SMILES string of the molecule is CCNCCc1ccc(S(=O)(=O)N2CCN(C)CC2)cc1. The van der Waals surface area contributed by atoms with Crippen LogP contribution in [0.25, 0.3) is 0 Å². The number of hydrogen-bond acceptors (Lipinski definition) is 4. The van der Waals surface area contributed by atoms with E-state index in [-0.39, 0.29) is 0 Å². The molecule has 118 valence electrons. The summed E-state index contributed by atoms with van der Waals surface area (Å²) in [6, 6.07) is 7.30. The highest BCUT2D eigenvalue weighted by atomic mass is 32.2. The van der Waals surface area contributed by atoms with E-state index >= 15 is 0 Å². The van der Waals surface area contributed by atoms with Crippen LogP contribution in [-0.4, -0.2) is 63.9 Å². The van der Waals surface area contributed by atoms with Gasteiger partial charge in [-0.2, -0.15) is 4.31 Å². The average molecular weight is 311 g/mol. The van der Waals surface area contributed by atoms with Gasteiger partial charge in [0.15, 0.2) is 0 Å². The van der Waals surface area contributed by atoms with Gasteiger partial charge in [0, 0.05) is 26.2 Å². The van der Waals surface area contributed by atoms with Crippen molar-refractivity contribution >= 4 is 10.0 Å². The van der Waals surface area contributed by atoms with E-state index in [0.29, 0.717) is 18.0 Å². The van der Waals surface area contributed by atoms with Crippen molar-refractivity contribution < 1.29 is 8.42 Å². The van der Waals surface area contributed by atoms with Gasteiger partial charge >= 0.3 is 0 Å². The third kappa shape index (κ3) is 4.26. The summed E-state index contributed by atoms with van der Waals surface area (Å²) in [4.78, 5) is 2.55. The van der Waals surface area contributed by atoms with E-state index in [9.17, 15) is 8.42 Å². The molecule has 0 saturated carbocycles. The Morgan fingerprint density at radius 2 is 1.71 bits per heavy atom. The van der Waals surface area contributed by atoms with Gasteiger partial charge in [0.25, 0.3) is 0 Å². The van der Waals surface area contributed by atoms with E-state index in [2.05, 4.69) is 17.1 Å². The molecule has 6 heteroatoms. The number of nitrogens with one attached hydrogen (secondary N) is 1. The molecule has 1 heterocycles. The summed E-state index contributed by atoms with van der Waals surface area (Å²) in [6.45, 7) is 6.67. The minimum atomic E-state index is -3.34. The van der Waals surface area contributed by atoms with Gasteiger partial charge in [-0.05, 0) is 44.3 Å². The molecule has 0 radical (unpaired) electrons. The van der Waals surface area contributed by atoms with Crippen LogP contribution in [0.4, 0.5) is 0 Å². The number of likely N-dealkylation sites (N-methyl/N-ethyl adjacent to an activating group) is 2. The van der Waals surface area contributed by atoms with Crippen LogP contribution >= 0.6 is 0 Å². The standard InChI is InChI=1S/C15H25N3O2S/c1-3-16-9-8-14-4-6-15(7-5-14)21(19,20)18-12-10-17(2)11-13-18/h4-7,16H,3,8-13H2,1-2H3.